The summed E-state index contributed by atoms with van der Waals surface area (Å²) in [6.07, 6.45) is -4.36. The number of hydrogen-bond acceptors (Lipinski definition) is 2. The van der Waals surface area contributed by atoms with Gasteiger partial charge < -0.3 is 0 Å². The van der Waals surface area contributed by atoms with E-state index < -0.39 is 12.7 Å². The topological polar surface area (TPSA) is 41.6 Å². The van der Waals surface area contributed by atoms with Gasteiger partial charge in [-0.1, -0.05) is 0 Å². The first-order valence-corrected chi connectivity index (χ1v) is 4.82. The molecule has 0 unspecified atom stereocenters. The summed E-state index contributed by atoms with van der Waals surface area (Å²) in [6, 6.07) is 1.73. The minimum Gasteiger partial charge on any atom is -0.247 e. The van der Waals surface area contributed by atoms with E-state index in [2.05, 4.69) is 37.0 Å². The highest BCUT2D eigenvalue weighted by atomic mass is 79.9. The molecule has 14 heavy (non-hydrogen) atoms. The Bertz CT molecular complexity index is 390. The summed E-state index contributed by atoms with van der Waals surface area (Å²) in [4.78, 5) is 0. The lowest BCUT2D eigenvalue weighted by molar-refractivity contribution is -0.143. The van der Waals surface area contributed by atoms with Crippen LogP contribution in [0.5, 0.6) is 0 Å². The van der Waals surface area contributed by atoms with Crippen LogP contribution < -0.4 is 0 Å². The average Bonchev–Trinajstić information content (AvgIpc) is 2.24. The van der Waals surface area contributed by atoms with Crippen LogP contribution in [0.4, 0.5) is 13.2 Å². The van der Waals surface area contributed by atoms with Gasteiger partial charge >= 0.3 is 6.18 Å². The van der Waals surface area contributed by atoms with Crippen LogP contribution in [0.1, 0.15) is 5.56 Å². The monoisotopic (exact) mass is 331 g/mol. The van der Waals surface area contributed by atoms with Gasteiger partial charge in [-0.2, -0.15) is 23.5 Å². The van der Waals surface area contributed by atoms with Crippen molar-refractivity contribution in [1.82, 2.24) is 9.78 Å². The molecule has 0 saturated heterocycles. The van der Waals surface area contributed by atoms with Crippen molar-refractivity contribution in [2.24, 2.45) is 0 Å². The molecule has 0 saturated carbocycles. The smallest absolute Gasteiger partial charge is 0.247 e. The van der Waals surface area contributed by atoms with E-state index in [9.17, 15) is 13.2 Å². The largest absolute Gasteiger partial charge is 0.408 e. The summed E-state index contributed by atoms with van der Waals surface area (Å²) in [7, 11) is 0. The van der Waals surface area contributed by atoms with Crippen LogP contribution >= 0.6 is 31.9 Å². The number of nitriles is 1. The second kappa shape index (κ2) is 3.90. The van der Waals surface area contributed by atoms with Crippen LogP contribution in [0.25, 0.3) is 0 Å². The molecule has 0 aromatic carbocycles. The first-order chi connectivity index (χ1) is 6.35. The Balaban J connectivity index is 3.08. The summed E-state index contributed by atoms with van der Waals surface area (Å²) < 4.78 is 36.7. The highest BCUT2D eigenvalue weighted by molar-refractivity contribution is 9.11. The molecule has 0 bridgehead atoms. The van der Waals surface area contributed by atoms with Gasteiger partial charge in [-0.25, -0.2) is 4.68 Å². The number of nitrogens with zero attached hydrogens (tertiary/aromatic N) is 3. The van der Waals surface area contributed by atoms with Crippen molar-refractivity contribution in [2.75, 3.05) is 0 Å². The number of hydrogen-bond donors (Lipinski definition) is 0. The molecule has 3 nitrogen and oxygen atoms in total. The van der Waals surface area contributed by atoms with Crippen molar-refractivity contribution < 1.29 is 13.2 Å². The maximum absolute atomic E-state index is 12.0. The van der Waals surface area contributed by atoms with E-state index in [1.165, 1.54) is 0 Å². The quantitative estimate of drug-likeness (QED) is 0.793. The molecule has 8 heteroatoms. The minimum absolute atomic E-state index is 0.0178. The normalized spacial score (nSPS) is 11.4. The van der Waals surface area contributed by atoms with Crippen LogP contribution in [-0.2, 0) is 6.54 Å². The number of alkyl halides is 3. The number of halogens is 5. The van der Waals surface area contributed by atoms with E-state index in [0.29, 0.717) is 4.68 Å². The maximum atomic E-state index is 12.0. The lowest BCUT2D eigenvalue weighted by Gasteiger charge is -2.06. The van der Waals surface area contributed by atoms with Gasteiger partial charge in [0.2, 0.25) is 0 Å². The molecule has 0 radical (unpaired) electrons. The fraction of sp³-hybridized carbons (Fsp3) is 0.333. The summed E-state index contributed by atoms with van der Waals surface area (Å²) in [6.45, 7) is -1.23. The number of aromatic nitrogens is 2. The van der Waals surface area contributed by atoms with Crippen molar-refractivity contribution in [3.63, 3.8) is 0 Å². The van der Waals surface area contributed by atoms with Crippen molar-refractivity contribution >= 4 is 31.9 Å². The molecule has 1 aromatic heterocycles. The van der Waals surface area contributed by atoms with Crippen molar-refractivity contribution in [1.29, 1.82) is 5.26 Å². The molecule has 1 aromatic rings. The first-order valence-electron chi connectivity index (χ1n) is 3.24. The third kappa shape index (κ3) is 2.48. The Morgan fingerprint density at radius 3 is 2.36 bits per heavy atom. The van der Waals surface area contributed by atoms with E-state index in [1.807, 2.05) is 0 Å². The summed E-state index contributed by atoms with van der Waals surface area (Å²) >= 11 is 5.75. The zero-order chi connectivity index (χ0) is 10.9. The Morgan fingerprint density at radius 1 is 1.43 bits per heavy atom. The van der Waals surface area contributed by atoms with E-state index in [0.717, 1.165) is 0 Å². The van der Waals surface area contributed by atoms with E-state index in [-0.39, 0.29) is 14.8 Å². The molecule has 1 heterocycles. The third-order valence-corrected chi connectivity index (χ3v) is 2.65. The van der Waals surface area contributed by atoms with Gasteiger partial charge in [0.1, 0.15) is 27.4 Å². The lowest BCUT2D eigenvalue weighted by Crippen LogP contribution is -2.18. The zero-order valence-electron chi connectivity index (χ0n) is 6.44. The molecule has 0 amide bonds. The Kier molecular flexibility index (Phi) is 3.21. The molecule has 0 aliphatic rings. The predicted molar refractivity (Wildman–Crippen MR) is 48.4 cm³/mol. The molecule has 0 fully saturated rings. The van der Waals surface area contributed by atoms with Gasteiger partial charge in [0.05, 0.1) is 0 Å². The minimum atomic E-state index is -4.36. The predicted octanol–water partition coefficient (Wildman–Crippen LogP) is 2.84. The second-order valence-corrected chi connectivity index (χ2v) is 3.84. The van der Waals surface area contributed by atoms with Crippen LogP contribution in [0.3, 0.4) is 0 Å². The second-order valence-electron chi connectivity index (χ2n) is 2.34. The Labute approximate surface area is 93.8 Å². The maximum Gasteiger partial charge on any atom is 0.408 e. The van der Waals surface area contributed by atoms with Gasteiger partial charge in [-0.3, -0.25) is 0 Å². The van der Waals surface area contributed by atoms with Gasteiger partial charge in [0.15, 0.2) is 0 Å². The van der Waals surface area contributed by atoms with Crippen LogP contribution in [-0.4, -0.2) is 16.0 Å². The average molecular weight is 333 g/mol. The molecular formula is C6H2Br2F3N3. The molecular weight excluding hydrogens is 331 g/mol. The van der Waals surface area contributed by atoms with Gasteiger partial charge in [0.25, 0.3) is 0 Å². The van der Waals surface area contributed by atoms with E-state index in [1.54, 1.807) is 6.07 Å². The Morgan fingerprint density at radius 2 is 2.00 bits per heavy atom. The number of rotatable bonds is 1. The van der Waals surface area contributed by atoms with Gasteiger partial charge in [0, 0.05) is 0 Å². The summed E-state index contributed by atoms with van der Waals surface area (Å²) in [5.74, 6) is 0. The fourth-order valence-corrected chi connectivity index (χ4v) is 2.00. The van der Waals surface area contributed by atoms with E-state index in [4.69, 9.17) is 5.26 Å². The molecule has 0 N–H and O–H groups in total. The zero-order valence-corrected chi connectivity index (χ0v) is 9.61. The van der Waals surface area contributed by atoms with Crippen molar-refractivity contribution in [2.45, 2.75) is 12.7 Å². The molecule has 0 atom stereocenters. The fourth-order valence-electron chi connectivity index (χ4n) is 0.781. The van der Waals surface area contributed by atoms with E-state index >= 15 is 0 Å². The summed E-state index contributed by atoms with van der Waals surface area (Å²) in [5, 5.41) is 12.1. The standard InChI is InChI=1S/C6H2Br2F3N3/c7-4-3(1-12)5(8)14(13-4)2-6(9,10)11/h2H2. The van der Waals surface area contributed by atoms with Gasteiger partial charge in [-0.05, 0) is 31.9 Å². The molecule has 1 rings (SSSR count). The van der Waals surface area contributed by atoms with Crippen molar-refractivity contribution in [3.8, 4) is 6.07 Å². The summed E-state index contributed by atoms with van der Waals surface area (Å²) in [5.41, 5.74) is 0.0502. The van der Waals surface area contributed by atoms with Crippen molar-refractivity contribution in [3.05, 3.63) is 14.8 Å². The molecule has 0 aliphatic heterocycles. The molecule has 76 valence electrons. The van der Waals surface area contributed by atoms with Crippen LogP contribution in [0, 0.1) is 11.3 Å². The molecule has 0 aliphatic carbocycles. The highest BCUT2D eigenvalue weighted by Crippen LogP contribution is 2.27. The molecule has 0 spiro atoms. The van der Waals surface area contributed by atoms with Crippen LogP contribution in [0.15, 0.2) is 9.21 Å². The highest BCUT2D eigenvalue weighted by Gasteiger charge is 2.30. The first kappa shape index (κ1) is 11.5. The SMILES string of the molecule is N#Cc1c(Br)nn(CC(F)(F)F)c1Br. The van der Waals surface area contributed by atoms with Crippen LogP contribution in [0.2, 0.25) is 0 Å². The third-order valence-electron chi connectivity index (χ3n) is 1.29. The lowest BCUT2D eigenvalue weighted by atomic mass is 10.4. The van der Waals surface area contributed by atoms with Gasteiger partial charge in [-0.15, -0.1) is 0 Å². The Hall–Kier alpha value is -0.550.